The average Bonchev–Trinajstić information content (AvgIpc) is 3.49. The van der Waals surface area contributed by atoms with Gasteiger partial charge in [-0.3, -0.25) is 14.5 Å². The van der Waals surface area contributed by atoms with E-state index in [1.54, 1.807) is 18.2 Å². The maximum absolute atomic E-state index is 13.9. The predicted octanol–water partition coefficient (Wildman–Crippen LogP) is 7.17. The molecular weight excluding hydrogens is 550 g/mol. The second-order valence-electron chi connectivity index (χ2n) is 9.48. The van der Waals surface area contributed by atoms with Gasteiger partial charge in [0.2, 0.25) is 0 Å². The number of anilines is 1. The third-order valence-electron chi connectivity index (χ3n) is 6.70. The van der Waals surface area contributed by atoms with Gasteiger partial charge in [0.1, 0.15) is 17.4 Å². The lowest BCUT2D eigenvalue weighted by atomic mass is 9.95. The number of benzene rings is 3. The molecule has 3 aromatic carbocycles. The third-order valence-corrected chi connectivity index (χ3v) is 7.71. The molecule has 2 heterocycles. The van der Waals surface area contributed by atoms with E-state index in [1.807, 2.05) is 6.92 Å². The number of carbonyl (C=O) groups excluding carboxylic acids is 2. The zero-order chi connectivity index (χ0) is 29.1. The van der Waals surface area contributed by atoms with Crippen LogP contribution in [0.15, 0.2) is 66.2 Å². The van der Waals surface area contributed by atoms with Gasteiger partial charge in [-0.25, -0.2) is 13.8 Å². The molecule has 41 heavy (non-hydrogen) atoms. The number of amides is 1. The van der Waals surface area contributed by atoms with Crippen molar-refractivity contribution in [3.8, 4) is 11.5 Å². The van der Waals surface area contributed by atoms with Crippen LogP contribution < -0.4 is 14.4 Å². The lowest BCUT2D eigenvalue weighted by Gasteiger charge is -2.24. The molecule has 1 fully saturated rings. The van der Waals surface area contributed by atoms with Crippen LogP contribution in [0.1, 0.15) is 50.3 Å². The van der Waals surface area contributed by atoms with Crippen LogP contribution >= 0.6 is 11.3 Å². The molecule has 1 saturated heterocycles. The Kier molecular flexibility index (Phi) is 8.30. The molecule has 5 rings (SSSR count). The molecule has 0 saturated carbocycles. The summed E-state index contributed by atoms with van der Waals surface area (Å²) in [6, 6.07) is 13.0. The van der Waals surface area contributed by atoms with Gasteiger partial charge >= 0.3 is 5.91 Å². The Balaban J connectivity index is 1.66. The van der Waals surface area contributed by atoms with E-state index in [4.69, 9.17) is 9.47 Å². The first-order valence-electron chi connectivity index (χ1n) is 13.3. The van der Waals surface area contributed by atoms with Gasteiger partial charge in [-0.1, -0.05) is 37.2 Å². The number of rotatable bonds is 10. The number of thiazole rings is 1. The summed E-state index contributed by atoms with van der Waals surface area (Å²) in [4.78, 5) is 32.7. The van der Waals surface area contributed by atoms with Crippen LogP contribution in [0, 0.1) is 11.6 Å². The minimum Gasteiger partial charge on any atom is -0.507 e. The number of aromatic nitrogens is 1. The van der Waals surface area contributed by atoms with Crippen molar-refractivity contribution in [2.45, 2.75) is 39.2 Å². The Bertz CT molecular complexity index is 1630. The van der Waals surface area contributed by atoms with Crippen LogP contribution in [0.25, 0.3) is 16.0 Å². The summed E-state index contributed by atoms with van der Waals surface area (Å²) in [6.07, 6.45) is 2.94. The van der Waals surface area contributed by atoms with Crippen LogP contribution in [0.3, 0.4) is 0 Å². The number of carbonyl (C=O) groups is 2. The molecular formula is C31H28F2N2O5S. The Morgan fingerprint density at radius 1 is 0.951 bits per heavy atom. The van der Waals surface area contributed by atoms with Crippen LogP contribution in [0.5, 0.6) is 11.5 Å². The summed E-state index contributed by atoms with van der Waals surface area (Å²) in [5, 5.41) is 11.5. The molecule has 0 aliphatic carbocycles. The van der Waals surface area contributed by atoms with Crippen molar-refractivity contribution in [1.29, 1.82) is 0 Å². The van der Waals surface area contributed by atoms with Gasteiger partial charge in [0, 0.05) is 5.56 Å². The lowest BCUT2D eigenvalue weighted by Crippen LogP contribution is -2.29. The largest absolute Gasteiger partial charge is 0.507 e. The number of fused-ring (bicyclic) bond motifs is 1. The molecule has 0 bridgehead atoms. The van der Waals surface area contributed by atoms with Crippen molar-refractivity contribution in [3.63, 3.8) is 0 Å². The first kappa shape index (κ1) is 28.2. The topological polar surface area (TPSA) is 89.0 Å². The molecule has 212 valence electrons. The van der Waals surface area contributed by atoms with Crippen molar-refractivity contribution in [2.24, 2.45) is 0 Å². The van der Waals surface area contributed by atoms with Gasteiger partial charge in [-0.05, 0) is 73.5 Å². The third kappa shape index (κ3) is 5.65. The zero-order valence-electron chi connectivity index (χ0n) is 22.5. The van der Waals surface area contributed by atoms with E-state index in [1.165, 1.54) is 35.2 Å². The van der Waals surface area contributed by atoms with Gasteiger partial charge < -0.3 is 14.6 Å². The number of Topliss-reactive ketones (excluding diaryl/α,β-unsaturated/α-hetero) is 1. The minimum atomic E-state index is -1.10. The summed E-state index contributed by atoms with van der Waals surface area (Å²) in [6.45, 7) is 4.77. The molecule has 0 spiro atoms. The summed E-state index contributed by atoms with van der Waals surface area (Å²) < 4.78 is 39.8. The lowest BCUT2D eigenvalue weighted by molar-refractivity contribution is -0.132. The average molecular weight is 579 g/mol. The molecule has 1 aliphatic rings. The molecule has 4 aromatic rings. The van der Waals surface area contributed by atoms with Crippen LogP contribution in [0.4, 0.5) is 13.9 Å². The fraction of sp³-hybridized carbons (Fsp3) is 0.258. The standard InChI is InChI=1S/C31H28F2N2O5S/c1-3-5-6-15-40-23-14-9-19(16-24(23)39-4-2)27-26(28(36)18-7-10-20(32)11-8-18)29(37)30(38)35(27)31-34-22-13-12-21(33)17-25(22)41-31/h7-14,16-17,27,36H,3-6,15H2,1-2H3/b28-26+. The van der Waals surface area contributed by atoms with Crippen molar-refractivity contribution in [3.05, 3.63) is 89.0 Å². The van der Waals surface area contributed by atoms with E-state index in [0.717, 1.165) is 42.7 Å². The van der Waals surface area contributed by atoms with Crippen molar-refractivity contribution >= 4 is 44.1 Å². The number of unbranched alkanes of at least 4 members (excludes halogenated alkanes) is 2. The van der Waals surface area contributed by atoms with Gasteiger partial charge in [-0.15, -0.1) is 0 Å². The number of hydrogen-bond acceptors (Lipinski definition) is 7. The Hall–Kier alpha value is -4.31. The molecule has 7 nitrogen and oxygen atoms in total. The van der Waals surface area contributed by atoms with E-state index >= 15 is 0 Å². The Labute approximate surface area is 239 Å². The summed E-state index contributed by atoms with van der Waals surface area (Å²) in [5.41, 5.74) is 0.895. The van der Waals surface area contributed by atoms with Crippen LogP contribution in [0.2, 0.25) is 0 Å². The summed E-state index contributed by atoms with van der Waals surface area (Å²) in [7, 11) is 0. The predicted molar refractivity (Wildman–Crippen MR) is 153 cm³/mol. The number of aliphatic hydroxyl groups excluding tert-OH is 1. The molecule has 1 unspecified atom stereocenters. The first-order chi connectivity index (χ1) is 19.8. The van der Waals surface area contributed by atoms with Crippen molar-refractivity contribution in [1.82, 2.24) is 4.98 Å². The highest BCUT2D eigenvalue weighted by Gasteiger charge is 2.48. The molecule has 0 radical (unpaired) electrons. The van der Waals surface area contributed by atoms with Gasteiger partial charge in [0.15, 0.2) is 16.6 Å². The van der Waals surface area contributed by atoms with Crippen molar-refractivity contribution < 1.29 is 33.0 Å². The quantitative estimate of drug-likeness (QED) is 0.0929. The van der Waals surface area contributed by atoms with Crippen LogP contribution in [-0.2, 0) is 9.59 Å². The van der Waals surface area contributed by atoms with E-state index in [-0.39, 0.29) is 16.3 Å². The zero-order valence-corrected chi connectivity index (χ0v) is 23.3. The number of aliphatic hydroxyl groups is 1. The highest BCUT2D eigenvalue weighted by atomic mass is 32.1. The highest BCUT2D eigenvalue weighted by Crippen LogP contribution is 2.46. The monoisotopic (exact) mass is 578 g/mol. The van der Waals surface area contributed by atoms with Gasteiger partial charge in [0.25, 0.3) is 5.78 Å². The molecule has 1 atom stereocenters. The maximum Gasteiger partial charge on any atom is 0.301 e. The Morgan fingerprint density at radius 2 is 1.71 bits per heavy atom. The van der Waals surface area contributed by atoms with E-state index in [0.29, 0.717) is 40.5 Å². The SMILES string of the molecule is CCCCCOc1ccc(C2/C(=C(\O)c3ccc(F)cc3)C(=O)C(=O)N2c2nc3ccc(F)cc3s2)cc1OCC. The van der Waals surface area contributed by atoms with E-state index in [9.17, 15) is 23.5 Å². The fourth-order valence-electron chi connectivity index (χ4n) is 4.71. The van der Waals surface area contributed by atoms with Gasteiger partial charge in [-0.2, -0.15) is 0 Å². The second-order valence-corrected chi connectivity index (χ2v) is 10.5. The second kappa shape index (κ2) is 12.1. The van der Waals surface area contributed by atoms with Crippen LogP contribution in [-0.4, -0.2) is 35.0 Å². The summed E-state index contributed by atoms with van der Waals surface area (Å²) in [5.74, 6) is -2.34. The normalized spacial score (nSPS) is 16.5. The number of ketones is 1. The highest BCUT2D eigenvalue weighted by molar-refractivity contribution is 7.22. The number of hydrogen-bond donors (Lipinski definition) is 1. The summed E-state index contributed by atoms with van der Waals surface area (Å²) >= 11 is 1.05. The molecule has 1 aromatic heterocycles. The fourth-order valence-corrected chi connectivity index (χ4v) is 5.73. The Morgan fingerprint density at radius 3 is 2.44 bits per heavy atom. The van der Waals surface area contributed by atoms with Crippen molar-refractivity contribution in [2.75, 3.05) is 18.1 Å². The first-order valence-corrected chi connectivity index (χ1v) is 14.2. The smallest absolute Gasteiger partial charge is 0.301 e. The molecule has 1 aliphatic heterocycles. The number of halogens is 2. The number of nitrogens with zero attached hydrogens (tertiary/aromatic N) is 2. The minimum absolute atomic E-state index is 0.161. The maximum atomic E-state index is 13.9. The molecule has 1 amide bonds. The van der Waals surface area contributed by atoms with E-state index < -0.39 is 35.1 Å². The molecule has 10 heteroatoms. The number of ether oxygens (including phenoxy) is 2. The van der Waals surface area contributed by atoms with Gasteiger partial charge in [0.05, 0.1) is 35.0 Å². The van der Waals surface area contributed by atoms with E-state index in [2.05, 4.69) is 11.9 Å². The molecule has 1 N–H and O–H groups in total.